The molecule has 0 saturated carbocycles. The van der Waals surface area contributed by atoms with Gasteiger partial charge in [0.1, 0.15) is 0 Å². The summed E-state index contributed by atoms with van der Waals surface area (Å²) in [4.78, 5) is 14.7. The molecule has 1 aromatic carbocycles. The number of benzene rings is 1. The predicted molar refractivity (Wildman–Crippen MR) is 89.6 cm³/mol. The molecule has 0 aliphatic carbocycles. The van der Waals surface area contributed by atoms with Crippen LogP contribution < -0.4 is 5.73 Å². The fraction of sp³-hybridized carbons (Fsp3) is 0.562. The molecule has 6 nitrogen and oxygen atoms in total. The fourth-order valence-electron chi connectivity index (χ4n) is 2.91. The van der Waals surface area contributed by atoms with Gasteiger partial charge in [-0.15, -0.1) is 0 Å². The highest BCUT2D eigenvalue weighted by Gasteiger charge is 2.30. The van der Waals surface area contributed by atoms with Crippen molar-refractivity contribution in [3.8, 4) is 0 Å². The molecule has 2 rings (SSSR count). The number of nitrogens with two attached hydrogens (primary N) is 1. The van der Waals surface area contributed by atoms with E-state index < -0.39 is 10.0 Å². The maximum Gasteiger partial charge on any atom is 0.254 e. The molecule has 128 valence electrons. The van der Waals surface area contributed by atoms with Crippen LogP contribution in [0.1, 0.15) is 30.1 Å². The molecule has 0 aromatic heterocycles. The molecule has 1 saturated heterocycles. The molecule has 1 aliphatic rings. The van der Waals surface area contributed by atoms with Crippen molar-refractivity contribution >= 4 is 15.9 Å². The van der Waals surface area contributed by atoms with Crippen LogP contribution in [0.4, 0.5) is 0 Å². The number of sulfonamides is 1. The van der Waals surface area contributed by atoms with Gasteiger partial charge in [0.05, 0.1) is 4.90 Å². The van der Waals surface area contributed by atoms with E-state index in [9.17, 15) is 13.2 Å². The van der Waals surface area contributed by atoms with Crippen molar-refractivity contribution < 1.29 is 13.2 Å². The zero-order chi connectivity index (χ0) is 17.2. The van der Waals surface area contributed by atoms with E-state index in [1.165, 1.54) is 26.2 Å². The van der Waals surface area contributed by atoms with Gasteiger partial charge in [-0.25, -0.2) is 12.7 Å². The van der Waals surface area contributed by atoms with Crippen LogP contribution in [0.25, 0.3) is 0 Å². The molecular weight excluding hydrogens is 314 g/mol. The lowest BCUT2D eigenvalue weighted by molar-refractivity contribution is 0.0573. The van der Waals surface area contributed by atoms with Gasteiger partial charge in [0.2, 0.25) is 10.0 Å². The Kier molecular flexibility index (Phi) is 5.44. The first kappa shape index (κ1) is 17.9. The summed E-state index contributed by atoms with van der Waals surface area (Å²) in [5.41, 5.74) is 6.20. The van der Waals surface area contributed by atoms with E-state index in [4.69, 9.17) is 5.73 Å². The summed E-state index contributed by atoms with van der Waals surface area (Å²) in [6, 6.07) is 6.23. The van der Waals surface area contributed by atoms with Crippen LogP contribution in [0, 0.1) is 5.92 Å². The van der Waals surface area contributed by atoms with Gasteiger partial charge in [0, 0.05) is 38.8 Å². The molecule has 0 bridgehead atoms. The summed E-state index contributed by atoms with van der Waals surface area (Å²) in [6.45, 7) is 3.24. The van der Waals surface area contributed by atoms with Crippen molar-refractivity contribution in [1.82, 2.24) is 9.21 Å². The SMILES string of the molecule is CC1CCN(C(=O)c2cccc(S(=O)(=O)N(C)C)c2)C(CN)C1. The van der Waals surface area contributed by atoms with Crippen molar-refractivity contribution in [2.75, 3.05) is 27.2 Å². The number of carbonyl (C=O) groups excluding carboxylic acids is 1. The smallest absolute Gasteiger partial charge is 0.254 e. The summed E-state index contributed by atoms with van der Waals surface area (Å²) < 4.78 is 25.6. The molecule has 2 unspecified atom stereocenters. The molecule has 1 heterocycles. The Balaban J connectivity index is 2.30. The van der Waals surface area contributed by atoms with Crippen LogP contribution in [-0.2, 0) is 10.0 Å². The Morgan fingerprint density at radius 1 is 1.39 bits per heavy atom. The second kappa shape index (κ2) is 6.98. The van der Waals surface area contributed by atoms with Gasteiger partial charge in [0.15, 0.2) is 0 Å². The number of piperidine rings is 1. The third-order valence-electron chi connectivity index (χ3n) is 4.37. The van der Waals surface area contributed by atoms with Gasteiger partial charge in [-0.3, -0.25) is 4.79 Å². The second-order valence-corrected chi connectivity index (χ2v) is 8.48. The highest BCUT2D eigenvalue weighted by molar-refractivity contribution is 7.89. The zero-order valence-electron chi connectivity index (χ0n) is 13.9. The molecule has 1 aliphatic heterocycles. The summed E-state index contributed by atoms with van der Waals surface area (Å²) in [5, 5.41) is 0. The summed E-state index contributed by atoms with van der Waals surface area (Å²) in [6.07, 6.45) is 1.83. The minimum atomic E-state index is -3.55. The number of likely N-dealkylation sites (tertiary alicyclic amines) is 1. The lowest BCUT2D eigenvalue weighted by Gasteiger charge is -2.38. The minimum absolute atomic E-state index is 0.0142. The van der Waals surface area contributed by atoms with Crippen molar-refractivity contribution in [3.63, 3.8) is 0 Å². The summed E-state index contributed by atoms with van der Waals surface area (Å²) in [5.74, 6) is 0.399. The van der Waals surface area contributed by atoms with E-state index in [1.54, 1.807) is 17.0 Å². The Morgan fingerprint density at radius 2 is 2.09 bits per heavy atom. The molecule has 1 fully saturated rings. The van der Waals surface area contributed by atoms with Gasteiger partial charge in [0.25, 0.3) is 5.91 Å². The molecular formula is C16H25N3O3S. The van der Waals surface area contributed by atoms with Crippen molar-refractivity contribution in [1.29, 1.82) is 0 Å². The first-order chi connectivity index (χ1) is 10.8. The lowest BCUT2D eigenvalue weighted by Crippen LogP contribution is -2.49. The quantitative estimate of drug-likeness (QED) is 0.891. The Hall–Kier alpha value is -1.44. The van der Waals surface area contributed by atoms with Crippen LogP contribution in [0.5, 0.6) is 0 Å². The Labute approximate surface area is 138 Å². The van der Waals surface area contributed by atoms with Crippen LogP contribution >= 0.6 is 0 Å². The van der Waals surface area contributed by atoms with Gasteiger partial charge < -0.3 is 10.6 Å². The van der Waals surface area contributed by atoms with E-state index in [0.29, 0.717) is 24.6 Å². The molecule has 0 spiro atoms. The summed E-state index contributed by atoms with van der Waals surface area (Å²) in [7, 11) is -0.609. The van der Waals surface area contributed by atoms with Crippen molar-refractivity contribution in [3.05, 3.63) is 29.8 Å². The molecule has 1 aromatic rings. The first-order valence-electron chi connectivity index (χ1n) is 7.81. The molecule has 2 atom stereocenters. The predicted octanol–water partition coefficient (Wildman–Crippen LogP) is 1.14. The van der Waals surface area contributed by atoms with Gasteiger partial charge >= 0.3 is 0 Å². The Bertz CT molecular complexity index is 673. The monoisotopic (exact) mass is 339 g/mol. The van der Waals surface area contributed by atoms with Crippen LogP contribution in [0.3, 0.4) is 0 Å². The molecule has 23 heavy (non-hydrogen) atoms. The largest absolute Gasteiger partial charge is 0.334 e. The highest BCUT2D eigenvalue weighted by atomic mass is 32.2. The lowest BCUT2D eigenvalue weighted by atomic mass is 9.92. The standard InChI is InChI=1S/C16H25N3O3S/c1-12-7-8-19(14(9-12)11-17)16(20)13-5-4-6-15(10-13)23(21,22)18(2)3/h4-6,10,12,14H,7-9,11,17H2,1-3H3. The van der Waals surface area contributed by atoms with Crippen molar-refractivity contribution in [2.24, 2.45) is 11.7 Å². The first-order valence-corrected chi connectivity index (χ1v) is 9.25. The summed E-state index contributed by atoms with van der Waals surface area (Å²) >= 11 is 0. The molecule has 1 amide bonds. The van der Waals surface area contributed by atoms with E-state index in [0.717, 1.165) is 17.1 Å². The molecule has 0 radical (unpaired) electrons. The number of carbonyl (C=O) groups is 1. The zero-order valence-corrected chi connectivity index (χ0v) is 14.7. The number of nitrogens with zero attached hydrogens (tertiary/aromatic N) is 2. The average molecular weight is 339 g/mol. The third kappa shape index (κ3) is 3.73. The van der Waals surface area contributed by atoms with Crippen molar-refractivity contribution in [2.45, 2.75) is 30.7 Å². The normalized spacial score (nSPS) is 22.4. The van der Waals surface area contributed by atoms with Gasteiger partial charge in [-0.05, 0) is 37.0 Å². The molecule has 2 N–H and O–H groups in total. The van der Waals surface area contributed by atoms with E-state index in [-0.39, 0.29) is 16.8 Å². The topological polar surface area (TPSA) is 83.7 Å². The molecule has 7 heteroatoms. The minimum Gasteiger partial charge on any atom is -0.334 e. The fourth-order valence-corrected chi connectivity index (χ4v) is 3.86. The van der Waals surface area contributed by atoms with Crippen LogP contribution in [0.15, 0.2) is 29.2 Å². The average Bonchev–Trinajstić information content (AvgIpc) is 2.54. The maximum absolute atomic E-state index is 12.8. The maximum atomic E-state index is 12.8. The van der Waals surface area contributed by atoms with E-state index >= 15 is 0 Å². The number of rotatable bonds is 4. The van der Waals surface area contributed by atoms with E-state index in [2.05, 4.69) is 6.92 Å². The van der Waals surface area contributed by atoms with Gasteiger partial charge in [-0.2, -0.15) is 0 Å². The van der Waals surface area contributed by atoms with Crippen LogP contribution in [0.2, 0.25) is 0 Å². The second-order valence-electron chi connectivity index (χ2n) is 6.33. The van der Waals surface area contributed by atoms with Gasteiger partial charge in [-0.1, -0.05) is 13.0 Å². The highest BCUT2D eigenvalue weighted by Crippen LogP contribution is 2.24. The van der Waals surface area contributed by atoms with Crippen LogP contribution in [-0.4, -0.2) is 56.8 Å². The van der Waals surface area contributed by atoms with E-state index in [1.807, 2.05) is 0 Å². The number of amides is 1. The third-order valence-corrected chi connectivity index (χ3v) is 6.18. The number of hydrogen-bond acceptors (Lipinski definition) is 4. The number of hydrogen-bond donors (Lipinski definition) is 1. The Morgan fingerprint density at radius 3 is 2.70 bits per heavy atom.